The minimum Gasteiger partial charge on any atom is -1.00 e. The minimum absolute atomic E-state index is 0. The number of hydrogen-bond donors (Lipinski definition) is 0. The molecule has 0 bridgehead atoms. The van der Waals surface area contributed by atoms with E-state index >= 15 is 0 Å². The monoisotopic (exact) mass is 378 g/mol. The summed E-state index contributed by atoms with van der Waals surface area (Å²) >= 11 is 0. The molecule has 0 spiro atoms. The maximum absolute atomic E-state index is 13.5. The summed E-state index contributed by atoms with van der Waals surface area (Å²) in [7, 11) is -1.70. The zero-order chi connectivity index (χ0) is 14.5. The van der Waals surface area contributed by atoms with Crippen molar-refractivity contribution < 1.29 is 30.2 Å². The van der Waals surface area contributed by atoms with Crippen LogP contribution in [0.2, 0.25) is 0 Å². The molecule has 1 atom stereocenters. The molecule has 0 radical (unpaired) electrons. The molecule has 0 nitrogen and oxygen atoms in total. The summed E-state index contributed by atoms with van der Waals surface area (Å²) in [6.07, 6.45) is 2.89. The first-order chi connectivity index (χ1) is 9.38. The van der Waals surface area contributed by atoms with E-state index in [0.29, 0.717) is 9.58 Å². The molecule has 0 saturated heterocycles. The van der Waals surface area contributed by atoms with Crippen LogP contribution >= 0.6 is 10.5 Å². The van der Waals surface area contributed by atoms with Gasteiger partial charge < -0.3 is 17.0 Å². The Labute approximate surface area is 136 Å². The highest BCUT2D eigenvalue weighted by Gasteiger charge is 2.50. The topological polar surface area (TPSA) is 0 Å². The van der Waals surface area contributed by atoms with E-state index in [1.807, 2.05) is 26.0 Å². The Morgan fingerprint density at radius 2 is 1.81 bits per heavy atom. The van der Waals surface area contributed by atoms with Gasteiger partial charge in [0, 0.05) is 23.4 Å². The fraction of sp³-hybridized carbons (Fsp3) is 0.500. The van der Waals surface area contributed by atoms with Crippen molar-refractivity contribution in [2.24, 2.45) is 0 Å². The quantitative estimate of drug-likeness (QED) is 0.702. The number of thiophene rings is 1. The molecule has 0 N–H and O–H groups in total. The van der Waals surface area contributed by atoms with Crippen LogP contribution in [-0.2, 0) is 5.51 Å². The van der Waals surface area contributed by atoms with Gasteiger partial charge in [0.05, 0.1) is 10.5 Å². The van der Waals surface area contributed by atoms with Crippen molar-refractivity contribution in [2.45, 2.75) is 50.5 Å². The summed E-state index contributed by atoms with van der Waals surface area (Å²) < 4.78 is 41.0. The molecule has 1 aliphatic carbocycles. The lowest BCUT2D eigenvalue weighted by Crippen LogP contribution is -3.00. The molecule has 1 aromatic carbocycles. The second-order valence-electron chi connectivity index (χ2n) is 5.88. The van der Waals surface area contributed by atoms with E-state index in [0.717, 1.165) is 30.2 Å². The number of hydrogen-bond acceptors (Lipinski definition) is 0. The standard InChI is InChI=1S/C16H18F3S.BrH/c1-10(2)12-6-7-13-9-14(11-4-3-5-11)20(15(13)8-12)16(17,18)19;/h6-11H,3-5H2,1-2H3;1H/q+1;/p-1. The fourth-order valence-electron chi connectivity index (χ4n) is 2.78. The van der Waals surface area contributed by atoms with Crippen molar-refractivity contribution >= 4 is 20.6 Å². The van der Waals surface area contributed by atoms with Gasteiger partial charge in [0.15, 0.2) is 9.58 Å². The third-order valence-corrected chi connectivity index (χ3v) is 6.38. The predicted octanol–water partition coefficient (Wildman–Crippen LogP) is 3.46. The van der Waals surface area contributed by atoms with Gasteiger partial charge in [0.25, 0.3) is 0 Å². The van der Waals surface area contributed by atoms with Gasteiger partial charge in [-0.3, -0.25) is 0 Å². The van der Waals surface area contributed by atoms with Gasteiger partial charge in [0.2, 0.25) is 0 Å². The molecule has 1 aliphatic rings. The van der Waals surface area contributed by atoms with Crippen molar-refractivity contribution in [1.82, 2.24) is 0 Å². The van der Waals surface area contributed by atoms with Crippen molar-refractivity contribution in [3.05, 3.63) is 34.7 Å². The van der Waals surface area contributed by atoms with Gasteiger partial charge >= 0.3 is 5.51 Å². The van der Waals surface area contributed by atoms with E-state index in [9.17, 15) is 13.2 Å². The molecule has 0 aliphatic heterocycles. The van der Waals surface area contributed by atoms with E-state index in [1.54, 1.807) is 12.1 Å². The fourth-order valence-corrected chi connectivity index (χ4v) is 4.98. The van der Waals surface area contributed by atoms with Gasteiger partial charge in [-0.15, -0.1) is 13.2 Å². The highest BCUT2D eigenvalue weighted by Crippen LogP contribution is 2.56. The second kappa shape index (κ2) is 5.92. The van der Waals surface area contributed by atoms with Gasteiger partial charge in [-0.2, -0.15) is 0 Å². The van der Waals surface area contributed by atoms with Crippen LogP contribution in [-0.4, -0.2) is 0 Å². The first-order valence-corrected chi connectivity index (χ1v) is 8.27. The first kappa shape index (κ1) is 16.8. The number of fused-ring (bicyclic) bond motifs is 1. The maximum atomic E-state index is 13.5. The van der Waals surface area contributed by atoms with Crippen LogP contribution in [0.3, 0.4) is 0 Å². The Hall–Kier alpha value is -0.550. The van der Waals surface area contributed by atoms with Crippen LogP contribution < -0.4 is 17.0 Å². The molecule has 0 amide bonds. The van der Waals surface area contributed by atoms with Crippen LogP contribution in [0.25, 0.3) is 10.1 Å². The largest absolute Gasteiger partial charge is 1.00 e. The van der Waals surface area contributed by atoms with Crippen LogP contribution in [0.15, 0.2) is 24.3 Å². The normalized spacial score (nSPS) is 17.0. The highest BCUT2D eigenvalue weighted by molar-refractivity contribution is 7.38. The average molecular weight is 379 g/mol. The van der Waals surface area contributed by atoms with Gasteiger partial charge in [-0.1, -0.05) is 26.3 Å². The second-order valence-corrected chi connectivity index (χ2v) is 7.86. The lowest BCUT2D eigenvalue weighted by atomic mass is 9.84. The van der Waals surface area contributed by atoms with Gasteiger partial charge in [-0.25, -0.2) is 0 Å². The number of benzene rings is 1. The molecular weight excluding hydrogens is 361 g/mol. The summed E-state index contributed by atoms with van der Waals surface area (Å²) in [6, 6.07) is 7.41. The summed E-state index contributed by atoms with van der Waals surface area (Å²) in [5, 5.41) is 0.775. The minimum atomic E-state index is -4.15. The summed E-state index contributed by atoms with van der Waals surface area (Å²) in [6.45, 7) is 4.03. The third-order valence-electron chi connectivity index (χ3n) is 4.20. The van der Waals surface area contributed by atoms with Crippen molar-refractivity contribution in [3.8, 4) is 0 Å². The Kier molecular flexibility index (Phi) is 4.74. The predicted molar refractivity (Wildman–Crippen MR) is 78.4 cm³/mol. The van der Waals surface area contributed by atoms with E-state index in [-0.39, 0.29) is 28.8 Å². The molecule has 1 heterocycles. The molecular formula is C16H18BrF3S. The number of rotatable bonds is 2. The van der Waals surface area contributed by atoms with Gasteiger partial charge in [-0.05, 0) is 30.4 Å². The number of alkyl halides is 3. The van der Waals surface area contributed by atoms with Crippen LogP contribution in [0.5, 0.6) is 0 Å². The van der Waals surface area contributed by atoms with E-state index in [1.165, 1.54) is 0 Å². The van der Waals surface area contributed by atoms with E-state index in [4.69, 9.17) is 0 Å². The Morgan fingerprint density at radius 1 is 1.14 bits per heavy atom. The lowest BCUT2D eigenvalue weighted by Gasteiger charge is -2.21. The third kappa shape index (κ3) is 3.00. The Bertz CT molecular complexity index is 639. The molecule has 3 rings (SSSR count). The van der Waals surface area contributed by atoms with E-state index in [2.05, 4.69) is 0 Å². The molecule has 1 unspecified atom stereocenters. The molecule has 1 saturated carbocycles. The first-order valence-electron chi connectivity index (χ1n) is 7.04. The van der Waals surface area contributed by atoms with Crippen LogP contribution in [0, 0.1) is 0 Å². The van der Waals surface area contributed by atoms with Crippen molar-refractivity contribution in [3.63, 3.8) is 0 Å². The Morgan fingerprint density at radius 3 is 2.29 bits per heavy atom. The molecule has 116 valence electrons. The van der Waals surface area contributed by atoms with Crippen molar-refractivity contribution in [2.75, 3.05) is 0 Å². The number of halogens is 4. The molecule has 5 heteroatoms. The lowest BCUT2D eigenvalue weighted by molar-refractivity contribution is -0.0868. The highest BCUT2D eigenvalue weighted by atomic mass is 79.9. The molecule has 2 aromatic rings. The molecule has 21 heavy (non-hydrogen) atoms. The average Bonchev–Trinajstić information content (AvgIpc) is 2.63. The SMILES string of the molecule is CC(C)c1ccc2cc(C3CCC3)[s+](C(F)(F)F)c2c1.[Br-]. The zero-order valence-electron chi connectivity index (χ0n) is 12.0. The summed E-state index contributed by atoms with van der Waals surface area (Å²) in [5.41, 5.74) is -3.16. The van der Waals surface area contributed by atoms with Crippen LogP contribution in [0.4, 0.5) is 13.2 Å². The van der Waals surface area contributed by atoms with Gasteiger partial charge in [0.1, 0.15) is 0 Å². The zero-order valence-corrected chi connectivity index (χ0v) is 14.4. The van der Waals surface area contributed by atoms with E-state index < -0.39 is 16.0 Å². The molecule has 1 fully saturated rings. The summed E-state index contributed by atoms with van der Waals surface area (Å²) in [4.78, 5) is 0.625. The van der Waals surface area contributed by atoms with Crippen molar-refractivity contribution in [1.29, 1.82) is 0 Å². The smallest absolute Gasteiger partial charge is 0.600 e. The maximum Gasteiger partial charge on any atom is 0.600 e. The van der Waals surface area contributed by atoms with Crippen LogP contribution in [0.1, 0.15) is 55.4 Å². The Balaban J connectivity index is 0.00000161. The summed E-state index contributed by atoms with van der Waals surface area (Å²) in [5.74, 6) is 0.404. The molecule has 1 aromatic heterocycles.